The average Bonchev–Trinajstić information content (AvgIpc) is 2.99. The molecular formula is C23H27FN4OS. The number of H-pyrrole nitrogens is 1. The van der Waals surface area contributed by atoms with Gasteiger partial charge in [0.1, 0.15) is 11.6 Å². The van der Waals surface area contributed by atoms with E-state index in [1.807, 2.05) is 12.1 Å². The third-order valence-electron chi connectivity index (χ3n) is 4.84. The van der Waals surface area contributed by atoms with E-state index in [0.717, 1.165) is 16.7 Å². The number of phenols is 1. The topological polar surface area (TPSA) is 66.2 Å². The van der Waals surface area contributed by atoms with E-state index in [1.54, 1.807) is 24.4 Å². The molecule has 7 heteroatoms. The van der Waals surface area contributed by atoms with Gasteiger partial charge in [-0.15, -0.1) is 0 Å². The molecule has 5 nitrogen and oxygen atoms in total. The van der Waals surface area contributed by atoms with E-state index in [2.05, 4.69) is 56.8 Å². The van der Waals surface area contributed by atoms with Crippen molar-refractivity contribution >= 4 is 18.4 Å². The van der Waals surface area contributed by atoms with Gasteiger partial charge in [0.25, 0.3) is 0 Å². The van der Waals surface area contributed by atoms with Gasteiger partial charge in [0, 0.05) is 11.1 Å². The lowest BCUT2D eigenvalue weighted by molar-refractivity contribution is 0.423. The quantitative estimate of drug-likeness (QED) is 0.403. The third-order valence-corrected chi connectivity index (χ3v) is 5.10. The number of hydrogen-bond donors (Lipinski definition) is 2. The van der Waals surface area contributed by atoms with Gasteiger partial charge in [-0.3, -0.25) is 0 Å². The molecule has 0 aliphatic rings. The number of aromatic amines is 1. The van der Waals surface area contributed by atoms with Crippen LogP contribution in [0.15, 0.2) is 41.5 Å². The molecule has 0 unspecified atom stereocenters. The molecule has 0 amide bonds. The van der Waals surface area contributed by atoms with Gasteiger partial charge >= 0.3 is 0 Å². The number of nitrogens with zero attached hydrogens (tertiary/aromatic N) is 3. The second kappa shape index (κ2) is 7.80. The Balaban J connectivity index is 2.13. The van der Waals surface area contributed by atoms with Crippen LogP contribution < -0.4 is 0 Å². The zero-order chi connectivity index (χ0) is 22.3. The maximum atomic E-state index is 14.3. The number of nitrogens with one attached hydrogen (secondary N) is 1. The summed E-state index contributed by atoms with van der Waals surface area (Å²) in [6, 6.07) is 10.2. The van der Waals surface area contributed by atoms with Gasteiger partial charge in [-0.1, -0.05) is 53.7 Å². The first-order chi connectivity index (χ1) is 13.9. The van der Waals surface area contributed by atoms with Gasteiger partial charge in [0.05, 0.1) is 11.8 Å². The van der Waals surface area contributed by atoms with Crippen LogP contribution in [0.5, 0.6) is 5.75 Å². The summed E-state index contributed by atoms with van der Waals surface area (Å²) in [4.78, 5) is 0. The molecule has 0 spiro atoms. The normalized spacial score (nSPS) is 12.6. The number of aromatic nitrogens is 3. The van der Waals surface area contributed by atoms with Crippen LogP contribution in [0.2, 0.25) is 0 Å². The maximum absolute atomic E-state index is 14.3. The van der Waals surface area contributed by atoms with E-state index >= 15 is 0 Å². The largest absolute Gasteiger partial charge is 0.507 e. The van der Waals surface area contributed by atoms with Crippen molar-refractivity contribution in [2.75, 3.05) is 0 Å². The molecule has 2 N–H and O–H groups in total. The number of benzene rings is 2. The van der Waals surface area contributed by atoms with Crippen LogP contribution in [0.25, 0.3) is 11.4 Å². The molecule has 2 aromatic carbocycles. The highest BCUT2D eigenvalue weighted by Gasteiger charge is 2.26. The molecule has 0 radical (unpaired) electrons. The van der Waals surface area contributed by atoms with E-state index in [4.69, 9.17) is 12.2 Å². The fourth-order valence-electron chi connectivity index (χ4n) is 3.21. The van der Waals surface area contributed by atoms with Crippen LogP contribution in [-0.4, -0.2) is 26.2 Å². The zero-order valence-corrected chi connectivity index (χ0v) is 18.9. The molecule has 0 saturated heterocycles. The summed E-state index contributed by atoms with van der Waals surface area (Å²) in [5, 5.41) is 22.2. The standard InChI is InChI=1S/C23H27FN4OS/c1-22(2,3)16-11-14(12-17(19(16)29)23(4,5)6)13-25-28-20(26-27-21(28)30)15-9-7-8-10-18(15)24/h7-13,29H,1-6H3,(H,27,30)/b25-13+. The average molecular weight is 427 g/mol. The molecule has 0 bridgehead atoms. The summed E-state index contributed by atoms with van der Waals surface area (Å²) in [5.41, 5.74) is 2.28. The van der Waals surface area contributed by atoms with Crippen molar-refractivity contribution in [2.24, 2.45) is 5.10 Å². The Morgan fingerprint density at radius 1 is 1.07 bits per heavy atom. The minimum Gasteiger partial charge on any atom is -0.507 e. The Kier molecular flexibility index (Phi) is 5.69. The van der Waals surface area contributed by atoms with Crippen LogP contribution >= 0.6 is 12.2 Å². The lowest BCUT2D eigenvalue weighted by Gasteiger charge is -2.27. The van der Waals surface area contributed by atoms with E-state index in [-0.39, 0.29) is 15.6 Å². The van der Waals surface area contributed by atoms with Crippen LogP contribution in [0.4, 0.5) is 4.39 Å². The van der Waals surface area contributed by atoms with Crippen molar-refractivity contribution in [3.8, 4) is 17.1 Å². The second-order valence-corrected chi connectivity index (χ2v) is 9.74. The molecular weight excluding hydrogens is 399 g/mol. The van der Waals surface area contributed by atoms with Gasteiger partial charge in [-0.25, -0.2) is 9.49 Å². The minimum atomic E-state index is -0.405. The Labute approximate surface area is 181 Å². The van der Waals surface area contributed by atoms with Crippen LogP contribution in [-0.2, 0) is 10.8 Å². The van der Waals surface area contributed by atoms with E-state index in [9.17, 15) is 9.50 Å². The van der Waals surface area contributed by atoms with Crippen molar-refractivity contribution in [2.45, 2.75) is 52.4 Å². The highest BCUT2D eigenvalue weighted by Crippen LogP contribution is 2.39. The van der Waals surface area contributed by atoms with Gasteiger partial charge < -0.3 is 5.11 Å². The van der Waals surface area contributed by atoms with Gasteiger partial charge in [0.15, 0.2) is 5.82 Å². The van der Waals surface area contributed by atoms with Crippen molar-refractivity contribution in [1.82, 2.24) is 14.9 Å². The number of hydrogen-bond acceptors (Lipinski definition) is 4. The van der Waals surface area contributed by atoms with Crippen LogP contribution in [0.3, 0.4) is 0 Å². The van der Waals surface area contributed by atoms with Crippen LogP contribution in [0, 0.1) is 10.6 Å². The highest BCUT2D eigenvalue weighted by atomic mass is 32.1. The first-order valence-electron chi connectivity index (χ1n) is 9.74. The number of aromatic hydroxyl groups is 1. The molecule has 0 fully saturated rings. The molecule has 0 aliphatic carbocycles. The Morgan fingerprint density at radius 2 is 1.63 bits per heavy atom. The van der Waals surface area contributed by atoms with Crippen molar-refractivity contribution < 1.29 is 9.50 Å². The molecule has 3 aromatic rings. The number of rotatable bonds is 3. The predicted octanol–water partition coefficient (Wildman–Crippen LogP) is 5.93. The Hall–Kier alpha value is -2.80. The van der Waals surface area contributed by atoms with Crippen LogP contribution in [0.1, 0.15) is 58.2 Å². The summed E-state index contributed by atoms with van der Waals surface area (Å²) in [6.45, 7) is 12.3. The Bertz CT molecular complexity index is 1130. The van der Waals surface area contributed by atoms with Gasteiger partial charge in [-0.05, 0) is 52.9 Å². The monoisotopic (exact) mass is 426 g/mol. The molecule has 0 saturated carbocycles. The van der Waals surface area contributed by atoms with E-state index in [1.165, 1.54) is 10.7 Å². The molecule has 3 rings (SSSR count). The molecule has 1 heterocycles. The molecule has 0 atom stereocenters. The summed E-state index contributed by atoms with van der Waals surface area (Å²) < 4.78 is 15.9. The van der Waals surface area contributed by atoms with Crippen molar-refractivity contribution in [1.29, 1.82) is 0 Å². The molecule has 158 valence electrons. The summed E-state index contributed by atoms with van der Waals surface area (Å²) in [7, 11) is 0. The summed E-state index contributed by atoms with van der Waals surface area (Å²) in [5.74, 6) is 0.192. The number of halogens is 1. The van der Waals surface area contributed by atoms with Gasteiger partial charge in [-0.2, -0.15) is 14.9 Å². The van der Waals surface area contributed by atoms with E-state index < -0.39 is 5.82 Å². The smallest absolute Gasteiger partial charge is 0.216 e. The lowest BCUT2D eigenvalue weighted by atomic mass is 9.78. The molecule has 1 aromatic heterocycles. The SMILES string of the molecule is CC(C)(C)c1cc(/C=N/n2c(-c3ccccc3F)n[nH]c2=S)cc(C(C)(C)C)c1O. The second-order valence-electron chi connectivity index (χ2n) is 9.35. The Morgan fingerprint density at radius 3 is 2.17 bits per heavy atom. The third kappa shape index (κ3) is 4.36. The van der Waals surface area contributed by atoms with Crippen molar-refractivity contribution in [3.05, 3.63) is 63.7 Å². The first-order valence-corrected chi connectivity index (χ1v) is 10.1. The summed E-state index contributed by atoms with van der Waals surface area (Å²) >= 11 is 5.29. The fraction of sp³-hybridized carbons (Fsp3) is 0.348. The van der Waals surface area contributed by atoms with Gasteiger partial charge in [0.2, 0.25) is 4.77 Å². The highest BCUT2D eigenvalue weighted by molar-refractivity contribution is 7.71. The summed E-state index contributed by atoms with van der Waals surface area (Å²) in [6.07, 6.45) is 1.65. The zero-order valence-electron chi connectivity index (χ0n) is 18.1. The first kappa shape index (κ1) is 21.9. The molecule has 0 aliphatic heterocycles. The van der Waals surface area contributed by atoms with E-state index in [0.29, 0.717) is 17.1 Å². The lowest BCUT2D eigenvalue weighted by Crippen LogP contribution is -2.18. The number of phenolic OH excluding ortho intramolecular Hbond substituents is 1. The molecule has 30 heavy (non-hydrogen) atoms. The van der Waals surface area contributed by atoms with Crippen molar-refractivity contribution in [3.63, 3.8) is 0 Å². The fourth-order valence-corrected chi connectivity index (χ4v) is 3.39. The predicted molar refractivity (Wildman–Crippen MR) is 121 cm³/mol. The minimum absolute atomic E-state index is 0.252. The maximum Gasteiger partial charge on any atom is 0.216 e.